The van der Waals surface area contributed by atoms with Gasteiger partial charge in [-0.1, -0.05) is 26.8 Å². The summed E-state index contributed by atoms with van der Waals surface area (Å²) >= 11 is 0. The summed E-state index contributed by atoms with van der Waals surface area (Å²) in [4.78, 5) is 13.2. The molecule has 1 aliphatic carbocycles. The van der Waals surface area contributed by atoms with Crippen molar-refractivity contribution in [1.29, 1.82) is 0 Å². The van der Waals surface area contributed by atoms with Crippen LogP contribution in [0.15, 0.2) is 42.5 Å². The highest BCUT2D eigenvalue weighted by atomic mass is 16.7. The first-order valence-corrected chi connectivity index (χ1v) is 10.1. The summed E-state index contributed by atoms with van der Waals surface area (Å²) in [6, 6.07) is 14.2. The second-order valence-corrected chi connectivity index (χ2v) is 9.22. The molecule has 0 atom stereocenters. The van der Waals surface area contributed by atoms with Crippen molar-refractivity contribution >= 4 is 22.5 Å². The average molecular weight is 390 g/mol. The number of carbonyl (C=O) groups is 1. The van der Waals surface area contributed by atoms with Crippen molar-refractivity contribution in [3.63, 3.8) is 0 Å². The fraction of sp³-hybridized carbons (Fsp3) is 0.375. The van der Waals surface area contributed by atoms with Crippen LogP contribution in [0.1, 0.15) is 44.9 Å². The highest BCUT2D eigenvalue weighted by Crippen LogP contribution is 2.51. The number of rotatable bonds is 3. The molecule has 1 aromatic heterocycles. The van der Waals surface area contributed by atoms with Gasteiger partial charge in [0.1, 0.15) is 0 Å². The van der Waals surface area contributed by atoms with Crippen LogP contribution in [0.2, 0.25) is 0 Å². The monoisotopic (exact) mass is 390 g/mol. The van der Waals surface area contributed by atoms with Gasteiger partial charge in [-0.15, -0.1) is 0 Å². The van der Waals surface area contributed by atoms with E-state index in [1.807, 2.05) is 24.3 Å². The summed E-state index contributed by atoms with van der Waals surface area (Å²) in [6.45, 7) is 6.88. The van der Waals surface area contributed by atoms with E-state index in [0.29, 0.717) is 0 Å². The van der Waals surface area contributed by atoms with Crippen LogP contribution >= 0.6 is 0 Å². The molecule has 2 aromatic carbocycles. The van der Waals surface area contributed by atoms with Gasteiger partial charge in [0.05, 0.1) is 5.41 Å². The molecule has 0 spiro atoms. The molecule has 1 N–H and O–H groups in total. The van der Waals surface area contributed by atoms with Gasteiger partial charge in [-0.25, -0.2) is 0 Å². The summed E-state index contributed by atoms with van der Waals surface area (Å²) in [6.07, 6.45) is 1.69. The number of amides is 1. The number of fused-ring (bicyclic) bond motifs is 2. The van der Waals surface area contributed by atoms with Crippen LogP contribution in [0.3, 0.4) is 0 Å². The smallest absolute Gasteiger partial charge is 0.235 e. The standard InChI is InChI=1S/C24H26N2O3/c1-23(2,3)21-12-15-11-17(6-7-18(15)26(21)4)25-22(27)24(9-10-24)16-5-8-19-20(13-16)29-14-28-19/h5-8,11-13H,9-10,14H2,1-4H3,(H,25,27). The fourth-order valence-electron chi connectivity index (χ4n) is 4.36. The van der Waals surface area contributed by atoms with Gasteiger partial charge in [-0.05, 0) is 54.8 Å². The van der Waals surface area contributed by atoms with E-state index in [0.717, 1.165) is 41.0 Å². The number of benzene rings is 2. The molecule has 5 nitrogen and oxygen atoms in total. The summed E-state index contributed by atoms with van der Waals surface area (Å²) in [5, 5.41) is 4.29. The zero-order chi connectivity index (χ0) is 20.4. The van der Waals surface area contributed by atoms with Crippen LogP contribution in [0.25, 0.3) is 10.9 Å². The van der Waals surface area contributed by atoms with E-state index in [4.69, 9.17) is 9.47 Å². The Bertz CT molecular complexity index is 1130. The number of anilines is 1. The molecule has 5 heteroatoms. The van der Waals surface area contributed by atoms with Crippen molar-refractivity contribution < 1.29 is 14.3 Å². The number of nitrogens with one attached hydrogen (secondary N) is 1. The van der Waals surface area contributed by atoms with Gasteiger partial charge < -0.3 is 19.4 Å². The lowest BCUT2D eigenvalue weighted by molar-refractivity contribution is -0.118. The van der Waals surface area contributed by atoms with Crippen molar-refractivity contribution in [3.05, 3.63) is 53.7 Å². The molecular weight excluding hydrogens is 364 g/mol. The molecule has 150 valence electrons. The maximum atomic E-state index is 13.2. The first-order chi connectivity index (χ1) is 13.8. The molecule has 5 rings (SSSR count). The zero-order valence-corrected chi connectivity index (χ0v) is 17.3. The summed E-state index contributed by atoms with van der Waals surface area (Å²) in [7, 11) is 2.10. The number of nitrogens with zero attached hydrogens (tertiary/aromatic N) is 1. The van der Waals surface area contributed by atoms with Gasteiger partial charge in [0.2, 0.25) is 12.7 Å². The molecule has 0 radical (unpaired) electrons. The Hall–Kier alpha value is -2.95. The van der Waals surface area contributed by atoms with E-state index in [1.54, 1.807) is 0 Å². The maximum Gasteiger partial charge on any atom is 0.235 e. The topological polar surface area (TPSA) is 52.5 Å². The normalized spacial score (nSPS) is 16.8. The summed E-state index contributed by atoms with van der Waals surface area (Å²) < 4.78 is 13.1. The van der Waals surface area contributed by atoms with Crippen LogP contribution < -0.4 is 14.8 Å². The first kappa shape index (κ1) is 18.1. The Balaban J connectivity index is 1.42. The van der Waals surface area contributed by atoms with Crippen molar-refractivity contribution in [2.45, 2.75) is 44.4 Å². The molecule has 0 saturated heterocycles. The first-order valence-electron chi connectivity index (χ1n) is 10.1. The highest BCUT2D eigenvalue weighted by molar-refractivity contribution is 6.02. The van der Waals surface area contributed by atoms with Crippen LogP contribution in [-0.4, -0.2) is 17.3 Å². The van der Waals surface area contributed by atoms with Crippen LogP contribution in [0.5, 0.6) is 11.5 Å². The minimum Gasteiger partial charge on any atom is -0.454 e. The lowest BCUT2D eigenvalue weighted by Crippen LogP contribution is -2.27. The summed E-state index contributed by atoms with van der Waals surface area (Å²) in [5.41, 5.74) is 3.87. The Kier molecular flexibility index (Phi) is 3.76. The number of aryl methyl sites for hydroxylation is 1. The van der Waals surface area contributed by atoms with Crippen molar-refractivity contribution in [2.75, 3.05) is 12.1 Å². The predicted octanol–water partition coefficient (Wildman–Crippen LogP) is 4.87. The van der Waals surface area contributed by atoms with E-state index >= 15 is 0 Å². The summed E-state index contributed by atoms with van der Waals surface area (Å²) in [5.74, 6) is 1.51. The van der Waals surface area contributed by atoms with Gasteiger partial charge >= 0.3 is 0 Å². The Morgan fingerprint density at radius 2 is 1.79 bits per heavy atom. The minimum atomic E-state index is -0.469. The molecule has 0 unspecified atom stereocenters. The van der Waals surface area contributed by atoms with E-state index in [2.05, 4.69) is 55.9 Å². The molecule has 3 aromatic rings. The van der Waals surface area contributed by atoms with Crippen LogP contribution in [-0.2, 0) is 22.7 Å². The second kappa shape index (κ2) is 6.02. The molecule has 2 aliphatic rings. The second-order valence-electron chi connectivity index (χ2n) is 9.22. The average Bonchev–Trinajstić information content (AvgIpc) is 3.23. The van der Waals surface area contributed by atoms with E-state index in [9.17, 15) is 4.79 Å². The maximum absolute atomic E-state index is 13.2. The number of hydrogen-bond donors (Lipinski definition) is 1. The third-order valence-corrected chi connectivity index (χ3v) is 6.18. The third-order valence-electron chi connectivity index (χ3n) is 6.18. The van der Waals surface area contributed by atoms with Gasteiger partial charge in [-0.2, -0.15) is 0 Å². The number of carbonyl (C=O) groups excluding carboxylic acids is 1. The van der Waals surface area contributed by atoms with Gasteiger partial charge in [0.15, 0.2) is 11.5 Å². The van der Waals surface area contributed by atoms with E-state index in [-0.39, 0.29) is 18.1 Å². The van der Waals surface area contributed by atoms with Gasteiger partial charge in [-0.3, -0.25) is 4.79 Å². The molecule has 2 heterocycles. The number of aromatic nitrogens is 1. The SMILES string of the molecule is Cn1c(C(C)(C)C)cc2cc(NC(=O)C3(c4ccc5c(c4)OCO5)CC3)ccc21. The molecule has 29 heavy (non-hydrogen) atoms. The third kappa shape index (κ3) is 2.87. The molecule has 1 saturated carbocycles. The van der Waals surface area contributed by atoms with Crippen molar-refractivity contribution in [2.24, 2.45) is 7.05 Å². The molecule has 0 bridgehead atoms. The Morgan fingerprint density at radius 3 is 2.52 bits per heavy atom. The Labute approximate surface area is 170 Å². The zero-order valence-electron chi connectivity index (χ0n) is 17.3. The molecule has 1 aliphatic heterocycles. The van der Waals surface area contributed by atoms with Gasteiger partial charge in [0, 0.05) is 34.7 Å². The minimum absolute atomic E-state index is 0.0442. The van der Waals surface area contributed by atoms with Crippen LogP contribution in [0, 0.1) is 0 Å². The Morgan fingerprint density at radius 1 is 1.03 bits per heavy atom. The van der Waals surface area contributed by atoms with E-state index in [1.165, 1.54) is 11.2 Å². The lowest BCUT2D eigenvalue weighted by Gasteiger charge is -2.19. The van der Waals surface area contributed by atoms with Gasteiger partial charge in [0.25, 0.3) is 0 Å². The quantitative estimate of drug-likeness (QED) is 0.694. The van der Waals surface area contributed by atoms with Crippen molar-refractivity contribution in [1.82, 2.24) is 4.57 Å². The molecule has 1 amide bonds. The lowest BCUT2D eigenvalue weighted by atomic mass is 9.92. The highest BCUT2D eigenvalue weighted by Gasteiger charge is 2.51. The fourth-order valence-corrected chi connectivity index (χ4v) is 4.36. The predicted molar refractivity (Wildman–Crippen MR) is 114 cm³/mol. The molecular formula is C24H26N2O3. The van der Waals surface area contributed by atoms with Crippen molar-refractivity contribution in [3.8, 4) is 11.5 Å². The molecule has 1 fully saturated rings. The largest absolute Gasteiger partial charge is 0.454 e. The number of ether oxygens (including phenoxy) is 2. The van der Waals surface area contributed by atoms with Crippen LogP contribution in [0.4, 0.5) is 5.69 Å². The van der Waals surface area contributed by atoms with E-state index < -0.39 is 5.41 Å². The number of hydrogen-bond acceptors (Lipinski definition) is 3.